The molecule has 9 nitrogen and oxygen atoms in total. The maximum atomic E-state index is 13.8. The summed E-state index contributed by atoms with van der Waals surface area (Å²) in [4.78, 5) is 44.6. The van der Waals surface area contributed by atoms with E-state index in [-0.39, 0.29) is 29.8 Å². The molecule has 0 radical (unpaired) electrons. The summed E-state index contributed by atoms with van der Waals surface area (Å²) in [5, 5.41) is 14.4. The van der Waals surface area contributed by atoms with E-state index in [0.717, 1.165) is 72.2 Å². The van der Waals surface area contributed by atoms with E-state index in [4.69, 9.17) is 5.73 Å². The Balaban J connectivity index is 1.02. The Morgan fingerprint density at radius 3 is 2.29 bits per heavy atom. The molecule has 2 aliphatic heterocycles. The second kappa shape index (κ2) is 14.6. The van der Waals surface area contributed by atoms with Gasteiger partial charge in [0.1, 0.15) is 5.78 Å². The Labute approximate surface area is 288 Å². The van der Waals surface area contributed by atoms with Crippen molar-refractivity contribution in [3.8, 4) is 11.1 Å². The summed E-state index contributed by atoms with van der Waals surface area (Å²) in [5.74, 6) is 2.69. The SMILES string of the molecule is Cc1cc(C(=O)CC2C3CNCC32)ccc1-c1ccc(C[C@H](CC(=O)C2CCC(CN)CC2)C(=O)Nc2ccc(C3=NCN=N3)cc2)cc1. The Morgan fingerprint density at radius 2 is 1.63 bits per heavy atom. The first-order chi connectivity index (χ1) is 23.9. The molecule has 0 spiro atoms. The van der Waals surface area contributed by atoms with Gasteiger partial charge in [-0.1, -0.05) is 36.4 Å². The zero-order chi connectivity index (χ0) is 33.9. The van der Waals surface area contributed by atoms with Crippen LogP contribution in [0.15, 0.2) is 82.0 Å². The summed E-state index contributed by atoms with van der Waals surface area (Å²) in [5.41, 5.74) is 12.4. The number of benzene rings is 3. The van der Waals surface area contributed by atoms with Crippen LogP contribution in [0.25, 0.3) is 11.1 Å². The minimum absolute atomic E-state index is 0.0140. The predicted molar refractivity (Wildman–Crippen MR) is 192 cm³/mol. The Bertz CT molecular complexity index is 1750. The number of azo groups is 1. The molecular weight excluding hydrogens is 612 g/mol. The van der Waals surface area contributed by atoms with Crippen molar-refractivity contribution in [2.75, 3.05) is 31.6 Å². The number of ketones is 2. The van der Waals surface area contributed by atoms with Crippen molar-refractivity contribution in [3.05, 3.63) is 89.0 Å². The molecule has 9 heteroatoms. The number of carbonyl (C=O) groups excluding carboxylic acids is 3. The van der Waals surface area contributed by atoms with E-state index in [2.05, 4.69) is 63.1 Å². The second-order valence-electron chi connectivity index (χ2n) is 14.5. The zero-order valence-corrected chi connectivity index (χ0v) is 28.2. The van der Waals surface area contributed by atoms with Gasteiger partial charge in [-0.25, -0.2) is 4.99 Å². The summed E-state index contributed by atoms with van der Waals surface area (Å²) in [6, 6.07) is 21.7. The molecule has 254 valence electrons. The van der Waals surface area contributed by atoms with Gasteiger partial charge in [0.05, 0.1) is 0 Å². The monoisotopic (exact) mass is 658 g/mol. The number of piperidine rings is 1. The van der Waals surface area contributed by atoms with Gasteiger partial charge >= 0.3 is 0 Å². The Hall–Kier alpha value is -4.34. The lowest BCUT2D eigenvalue weighted by Crippen LogP contribution is -2.31. The number of aliphatic imine (C=N–C) groups is 1. The maximum absolute atomic E-state index is 13.8. The van der Waals surface area contributed by atoms with Crippen LogP contribution in [0, 0.1) is 42.4 Å². The molecule has 2 saturated carbocycles. The third-order valence-corrected chi connectivity index (χ3v) is 11.3. The van der Waals surface area contributed by atoms with Gasteiger partial charge < -0.3 is 16.4 Å². The van der Waals surface area contributed by atoms with E-state index in [1.54, 1.807) is 0 Å². The van der Waals surface area contributed by atoms with E-state index in [0.29, 0.717) is 61.2 Å². The topological polar surface area (TPSA) is 138 Å². The minimum Gasteiger partial charge on any atom is -0.330 e. The molecule has 4 aliphatic rings. The van der Waals surface area contributed by atoms with Crippen molar-refractivity contribution in [3.63, 3.8) is 0 Å². The second-order valence-corrected chi connectivity index (χ2v) is 14.5. The highest BCUT2D eigenvalue weighted by atomic mass is 16.2. The first-order valence-corrected chi connectivity index (χ1v) is 17.9. The number of anilines is 1. The standard InChI is InChI=1S/C40H46N6O3/c1-24-16-30(38(48)19-34-35-21-42-22-36(34)35)12-15-33(24)27-6-2-25(3-7-27)17-31(18-37(47)28-8-4-26(20-41)5-9-28)40(49)45-32-13-10-29(11-14-32)39-43-23-44-46-39/h2-3,6-7,10-16,26,28,31,34-36,42H,4-5,8-9,17-23,41H2,1H3,(H,45,49)/t26?,28?,31-,34?,35?,36?/m1/s1. The number of hydrogen-bond acceptors (Lipinski definition) is 8. The van der Waals surface area contributed by atoms with E-state index in [9.17, 15) is 14.4 Å². The highest BCUT2D eigenvalue weighted by molar-refractivity contribution is 6.01. The van der Waals surface area contributed by atoms with Crippen molar-refractivity contribution in [2.45, 2.75) is 51.9 Å². The number of nitrogens with one attached hydrogen (secondary N) is 2. The molecule has 2 unspecified atom stereocenters. The number of rotatable bonds is 13. The minimum atomic E-state index is -0.507. The van der Waals surface area contributed by atoms with Crippen LogP contribution >= 0.6 is 0 Å². The molecule has 49 heavy (non-hydrogen) atoms. The summed E-state index contributed by atoms with van der Waals surface area (Å²) in [6.45, 7) is 5.16. The first-order valence-electron chi connectivity index (χ1n) is 17.9. The Kier molecular flexibility index (Phi) is 9.91. The van der Waals surface area contributed by atoms with Crippen LogP contribution < -0.4 is 16.4 Å². The smallest absolute Gasteiger partial charge is 0.228 e. The van der Waals surface area contributed by atoms with Crippen molar-refractivity contribution in [1.82, 2.24) is 5.32 Å². The van der Waals surface area contributed by atoms with Gasteiger partial charge in [-0.15, -0.1) is 5.11 Å². The van der Waals surface area contributed by atoms with Crippen molar-refractivity contribution in [1.29, 1.82) is 0 Å². The first kappa shape index (κ1) is 33.2. The van der Waals surface area contributed by atoms with Gasteiger partial charge in [-0.2, -0.15) is 5.11 Å². The number of nitrogens with zero attached hydrogens (tertiary/aromatic N) is 3. The Morgan fingerprint density at radius 1 is 0.918 bits per heavy atom. The average molecular weight is 659 g/mol. The van der Waals surface area contributed by atoms with Gasteiger partial charge in [0.25, 0.3) is 0 Å². The van der Waals surface area contributed by atoms with Crippen LogP contribution in [-0.2, 0) is 16.0 Å². The van der Waals surface area contributed by atoms with Crippen LogP contribution in [-0.4, -0.2) is 49.6 Å². The molecule has 0 aromatic heterocycles. The number of amides is 1. The number of aryl methyl sites for hydroxylation is 1. The number of hydrogen-bond donors (Lipinski definition) is 3. The number of fused-ring (bicyclic) bond motifs is 1. The summed E-state index contributed by atoms with van der Waals surface area (Å²) in [6.07, 6.45) is 4.92. The predicted octanol–water partition coefficient (Wildman–Crippen LogP) is 6.39. The molecule has 7 rings (SSSR count). The van der Waals surface area contributed by atoms with Crippen molar-refractivity contribution < 1.29 is 14.4 Å². The molecule has 4 N–H and O–H groups in total. The molecule has 2 aliphatic carbocycles. The fourth-order valence-electron chi connectivity index (χ4n) is 8.16. The lowest BCUT2D eigenvalue weighted by atomic mass is 9.77. The molecule has 3 aromatic carbocycles. The number of nitrogens with two attached hydrogens (primary N) is 1. The third-order valence-electron chi connectivity index (χ3n) is 11.3. The van der Waals surface area contributed by atoms with Gasteiger partial charge in [0.2, 0.25) is 5.91 Å². The lowest BCUT2D eigenvalue weighted by Gasteiger charge is -2.27. The number of carbonyl (C=O) groups is 3. The highest BCUT2D eigenvalue weighted by Gasteiger charge is 2.53. The van der Waals surface area contributed by atoms with Crippen LogP contribution in [0.3, 0.4) is 0 Å². The van der Waals surface area contributed by atoms with Crippen LogP contribution in [0.2, 0.25) is 0 Å². The fraction of sp³-hybridized carbons (Fsp3) is 0.450. The quantitative estimate of drug-likeness (QED) is 0.183. The van der Waals surface area contributed by atoms with Crippen LogP contribution in [0.4, 0.5) is 5.69 Å². The molecule has 3 atom stereocenters. The largest absolute Gasteiger partial charge is 0.330 e. The van der Waals surface area contributed by atoms with Crippen LogP contribution in [0.5, 0.6) is 0 Å². The van der Waals surface area contributed by atoms with Gasteiger partial charge in [-0.3, -0.25) is 14.4 Å². The van der Waals surface area contributed by atoms with E-state index in [1.165, 1.54) is 0 Å². The summed E-state index contributed by atoms with van der Waals surface area (Å²) >= 11 is 0. The molecule has 1 saturated heterocycles. The van der Waals surface area contributed by atoms with Gasteiger partial charge in [-0.05, 0) is 135 Å². The molecule has 2 heterocycles. The average Bonchev–Trinajstić information content (AvgIpc) is 3.52. The van der Waals surface area contributed by atoms with Crippen molar-refractivity contribution >= 4 is 29.0 Å². The van der Waals surface area contributed by atoms with Gasteiger partial charge in [0, 0.05) is 41.5 Å². The summed E-state index contributed by atoms with van der Waals surface area (Å²) in [7, 11) is 0. The van der Waals surface area contributed by atoms with Gasteiger partial charge in [0.15, 0.2) is 18.3 Å². The highest BCUT2D eigenvalue weighted by Crippen LogP contribution is 2.51. The van der Waals surface area contributed by atoms with E-state index in [1.807, 2.05) is 36.4 Å². The number of amidine groups is 1. The third kappa shape index (κ3) is 7.63. The fourth-order valence-corrected chi connectivity index (χ4v) is 8.16. The molecule has 0 bridgehead atoms. The number of Topliss-reactive ketones (excluding diaryl/α,β-unsaturated/α-hetero) is 2. The van der Waals surface area contributed by atoms with Crippen LogP contribution in [0.1, 0.15) is 65.6 Å². The molecular formula is C40H46N6O3. The summed E-state index contributed by atoms with van der Waals surface area (Å²) < 4.78 is 0. The molecule has 1 amide bonds. The zero-order valence-electron chi connectivity index (χ0n) is 28.2. The van der Waals surface area contributed by atoms with E-state index < -0.39 is 5.92 Å². The maximum Gasteiger partial charge on any atom is 0.228 e. The van der Waals surface area contributed by atoms with E-state index >= 15 is 0 Å². The normalized spacial score (nSPS) is 24.6. The molecule has 3 fully saturated rings. The molecule has 3 aromatic rings. The van der Waals surface area contributed by atoms with Crippen molar-refractivity contribution in [2.24, 2.45) is 56.5 Å². The lowest BCUT2D eigenvalue weighted by molar-refractivity contribution is -0.129.